The van der Waals surface area contributed by atoms with Crippen LogP contribution in [0.5, 0.6) is 0 Å². The molecule has 0 aliphatic heterocycles. The van der Waals surface area contributed by atoms with Gasteiger partial charge < -0.3 is 10.1 Å². The van der Waals surface area contributed by atoms with Gasteiger partial charge in [0, 0.05) is 6.54 Å². The highest BCUT2D eigenvalue weighted by molar-refractivity contribution is 5.79. The SMILES string of the molecule is COC(=O)CCN(C)CC(=O)NC(C)(C#N)C1CC1. The number of nitrogens with one attached hydrogen (secondary N) is 1. The Morgan fingerprint density at radius 1 is 1.53 bits per heavy atom. The molecule has 1 saturated carbocycles. The Bertz CT molecular complexity index is 387. The molecule has 1 fully saturated rings. The van der Waals surface area contributed by atoms with Crippen LogP contribution in [0.3, 0.4) is 0 Å². The number of rotatable bonds is 7. The summed E-state index contributed by atoms with van der Waals surface area (Å²) in [5, 5.41) is 11.9. The van der Waals surface area contributed by atoms with Gasteiger partial charge in [0.15, 0.2) is 0 Å². The summed E-state index contributed by atoms with van der Waals surface area (Å²) in [4.78, 5) is 24.6. The lowest BCUT2D eigenvalue weighted by Crippen LogP contribution is -2.49. The summed E-state index contributed by atoms with van der Waals surface area (Å²) < 4.78 is 4.53. The molecule has 19 heavy (non-hydrogen) atoms. The Balaban J connectivity index is 2.34. The van der Waals surface area contributed by atoms with Crippen molar-refractivity contribution in [3.8, 4) is 6.07 Å². The maximum atomic E-state index is 11.9. The van der Waals surface area contributed by atoms with Crippen LogP contribution in [-0.4, -0.2) is 49.6 Å². The molecule has 0 radical (unpaired) electrons. The van der Waals surface area contributed by atoms with Crippen molar-refractivity contribution >= 4 is 11.9 Å². The van der Waals surface area contributed by atoms with Gasteiger partial charge in [0.1, 0.15) is 5.54 Å². The lowest BCUT2D eigenvalue weighted by atomic mass is 9.98. The van der Waals surface area contributed by atoms with E-state index in [1.807, 2.05) is 0 Å². The van der Waals surface area contributed by atoms with Gasteiger partial charge in [-0.1, -0.05) is 0 Å². The first-order chi connectivity index (χ1) is 8.91. The van der Waals surface area contributed by atoms with Crippen LogP contribution in [0, 0.1) is 17.2 Å². The topological polar surface area (TPSA) is 82.4 Å². The molecule has 0 saturated heterocycles. The van der Waals surface area contributed by atoms with Crippen LogP contribution in [0.25, 0.3) is 0 Å². The third-order valence-electron chi connectivity index (χ3n) is 3.36. The number of likely N-dealkylation sites (N-methyl/N-ethyl adjacent to an activating group) is 1. The molecule has 6 heteroatoms. The minimum Gasteiger partial charge on any atom is -0.469 e. The number of esters is 1. The van der Waals surface area contributed by atoms with Gasteiger partial charge in [-0.3, -0.25) is 14.5 Å². The molecule has 1 rings (SSSR count). The molecule has 1 atom stereocenters. The van der Waals surface area contributed by atoms with Crippen molar-refractivity contribution in [2.24, 2.45) is 5.92 Å². The molecule has 106 valence electrons. The molecule has 1 unspecified atom stereocenters. The molecule has 0 heterocycles. The van der Waals surface area contributed by atoms with E-state index < -0.39 is 5.54 Å². The minimum absolute atomic E-state index is 0.168. The molecule has 0 aromatic heterocycles. The number of carbonyl (C=O) groups excluding carboxylic acids is 2. The van der Waals surface area contributed by atoms with E-state index in [2.05, 4.69) is 16.1 Å². The highest BCUT2D eigenvalue weighted by Crippen LogP contribution is 2.39. The zero-order valence-electron chi connectivity index (χ0n) is 11.7. The monoisotopic (exact) mass is 267 g/mol. The fraction of sp³-hybridized carbons (Fsp3) is 0.769. The number of nitrogens with zero attached hydrogens (tertiary/aromatic N) is 2. The molecule has 6 nitrogen and oxygen atoms in total. The smallest absolute Gasteiger partial charge is 0.306 e. The lowest BCUT2D eigenvalue weighted by molar-refractivity contribution is -0.141. The van der Waals surface area contributed by atoms with Crippen molar-refractivity contribution in [2.45, 2.75) is 31.7 Å². The van der Waals surface area contributed by atoms with E-state index >= 15 is 0 Å². The fourth-order valence-corrected chi connectivity index (χ4v) is 1.92. The standard InChI is InChI=1S/C13H21N3O3/c1-13(9-14,10-4-5-10)15-11(17)8-16(2)7-6-12(18)19-3/h10H,4-8H2,1-3H3,(H,15,17). The fourth-order valence-electron chi connectivity index (χ4n) is 1.92. The van der Waals surface area contributed by atoms with Gasteiger partial charge in [0.05, 0.1) is 26.1 Å². The van der Waals surface area contributed by atoms with E-state index in [0.29, 0.717) is 6.54 Å². The average molecular weight is 267 g/mol. The number of ether oxygens (including phenoxy) is 1. The normalized spacial score (nSPS) is 17.4. The predicted molar refractivity (Wildman–Crippen MR) is 69.0 cm³/mol. The summed E-state index contributed by atoms with van der Waals surface area (Å²) in [5.41, 5.74) is -0.764. The molecule has 1 N–H and O–H groups in total. The van der Waals surface area contributed by atoms with E-state index in [0.717, 1.165) is 12.8 Å². The Kier molecular flexibility index (Phi) is 5.31. The van der Waals surface area contributed by atoms with E-state index in [4.69, 9.17) is 5.26 Å². The molecular formula is C13H21N3O3. The molecule has 0 aromatic carbocycles. The second-order valence-corrected chi connectivity index (χ2v) is 5.20. The average Bonchev–Trinajstić information content (AvgIpc) is 3.19. The van der Waals surface area contributed by atoms with E-state index in [1.165, 1.54) is 7.11 Å². The van der Waals surface area contributed by atoms with Gasteiger partial charge >= 0.3 is 5.97 Å². The Morgan fingerprint density at radius 2 is 2.16 bits per heavy atom. The molecule has 1 aliphatic carbocycles. The molecule has 1 aliphatic rings. The second kappa shape index (κ2) is 6.53. The lowest BCUT2D eigenvalue weighted by Gasteiger charge is -2.24. The van der Waals surface area contributed by atoms with Gasteiger partial charge in [-0.25, -0.2) is 0 Å². The summed E-state index contributed by atoms with van der Waals surface area (Å²) in [5.74, 6) is -0.225. The van der Waals surface area contributed by atoms with Gasteiger partial charge in [-0.05, 0) is 32.7 Å². The zero-order valence-corrected chi connectivity index (χ0v) is 11.7. The number of nitriles is 1. The molecule has 0 bridgehead atoms. The highest BCUT2D eigenvalue weighted by Gasteiger charge is 2.42. The zero-order chi connectivity index (χ0) is 14.5. The first-order valence-electron chi connectivity index (χ1n) is 6.39. The third kappa shape index (κ3) is 4.87. The maximum absolute atomic E-state index is 11.9. The minimum atomic E-state index is -0.764. The quantitative estimate of drug-likeness (QED) is 0.670. The largest absolute Gasteiger partial charge is 0.469 e. The van der Waals surface area contributed by atoms with Crippen molar-refractivity contribution in [2.75, 3.05) is 27.2 Å². The molecule has 0 spiro atoms. The van der Waals surface area contributed by atoms with E-state index in [9.17, 15) is 9.59 Å². The highest BCUT2D eigenvalue weighted by atomic mass is 16.5. The third-order valence-corrected chi connectivity index (χ3v) is 3.36. The van der Waals surface area contributed by atoms with Gasteiger partial charge in [0.25, 0.3) is 0 Å². The Labute approximate surface area is 113 Å². The van der Waals surface area contributed by atoms with Crippen LogP contribution in [0.2, 0.25) is 0 Å². The predicted octanol–water partition coefficient (Wildman–Crippen LogP) is 0.290. The van der Waals surface area contributed by atoms with Gasteiger partial charge in [-0.15, -0.1) is 0 Å². The number of methoxy groups -OCH3 is 1. The van der Waals surface area contributed by atoms with Gasteiger partial charge in [-0.2, -0.15) is 5.26 Å². The van der Waals surface area contributed by atoms with Crippen molar-refractivity contribution in [1.29, 1.82) is 5.26 Å². The summed E-state index contributed by atoms with van der Waals surface area (Å²) in [6.45, 7) is 2.38. The number of hydrogen-bond acceptors (Lipinski definition) is 5. The second-order valence-electron chi connectivity index (χ2n) is 5.20. The van der Waals surface area contributed by atoms with Crippen LogP contribution >= 0.6 is 0 Å². The summed E-state index contributed by atoms with van der Waals surface area (Å²) in [7, 11) is 3.09. The van der Waals surface area contributed by atoms with E-state index in [1.54, 1.807) is 18.9 Å². The Hall–Kier alpha value is -1.61. The van der Waals surface area contributed by atoms with Crippen LogP contribution in [0.1, 0.15) is 26.2 Å². The number of carbonyl (C=O) groups is 2. The molecule has 1 amide bonds. The van der Waals surface area contributed by atoms with Crippen LogP contribution < -0.4 is 5.32 Å². The van der Waals surface area contributed by atoms with Crippen molar-refractivity contribution in [3.63, 3.8) is 0 Å². The summed E-state index contributed by atoms with van der Waals surface area (Å²) in [6, 6.07) is 2.18. The first kappa shape index (κ1) is 15.4. The van der Waals surface area contributed by atoms with E-state index in [-0.39, 0.29) is 30.8 Å². The van der Waals surface area contributed by atoms with Crippen LogP contribution in [0.15, 0.2) is 0 Å². The van der Waals surface area contributed by atoms with Gasteiger partial charge in [0.2, 0.25) is 5.91 Å². The Morgan fingerprint density at radius 3 is 2.63 bits per heavy atom. The maximum Gasteiger partial charge on any atom is 0.306 e. The number of amides is 1. The summed E-state index contributed by atoms with van der Waals surface area (Å²) in [6.07, 6.45) is 2.23. The summed E-state index contributed by atoms with van der Waals surface area (Å²) >= 11 is 0. The molecule has 0 aromatic rings. The number of hydrogen-bond donors (Lipinski definition) is 1. The van der Waals surface area contributed by atoms with Crippen molar-refractivity contribution < 1.29 is 14.3 Å². The van der Waals surface area contributed by atoms with Crippen molar-refractivity contribution in [3.05, 3.63) is 0 Å². The van der Waals surface area contributed by atoms with Crippen LogP contribution in [-0.2, 0) is 14.3 Å². The van der Waals surface area contributed by atoms with Crippen molar-refractivity contribution in [1.82, 2.24) is 10.2 Å². The van der Waals surface area contributed by atoms with Crippen LogP contribution in [0.4, 0.5) is 0 Å². The molecular weight excluding hydrogens is 246 g/mol. The first-order valence-corrected chi connectivity index (χ1v) is 6.39.